The molecular formula is C16H14O2. The monoisotopic (exact) mass is 238 g/mol. The minimum Gasteiger partial charge on any atom is -0.303 e. The van der Waals surface area contributed by atoms with Crippen molar-refractivity contribution in [2.24, 2.45) is 0 Å². The van der Waals surface area contributed by atoms with Gasteiger partial charge in [0, 0.05) is 17.0 Å². The fourth-order valence-electron chi connectivity index (χ4n) is 1.80. The molecule has 0 aromatic heterocycles. The Balaban J connectivity index is 2.34. The Morgan fingerprint density at radius 3 is 2.33 bits per heavy atom. The molecular weight excluding hydrogens is 224 g/mol. The molecule has 0 bridgehead atoms. The molecule has 0 aliphatic heterocycles. The Labute approximate surface area is 106 Å². The minimum atomic E-state index is -0.187. The van der Waals surface area contributed by atoms with Crippen molar-refractivity contribution in [1.29, 1.82) is 0 Å². The summed E-state index contributed by atoms with van der Waals surface area (Å²) in [6, 6.07) is 16.4. The zero-order valence-corrected chi connectivity index (χ0v) is 10.2. The van der Waals surface area contributed by atoms with Crippen LogP contribution >= 0.6 is 0 Å². The Kier molecular flexibility index (Phi) is 3.68. The van der Waals surface area contributed by atoms with Crippen molar-refractivity contribution in [1.82, 2.24) is 0 Å². The minimum absolute atomic E-state index is 0.0180. The molecule has 0 aliphatic rings. The lowest BCUT2D eigenvalue weighted by molar-refractivity contribution is -0.108. The van der Waals surface area contributed by atoms with Crippen molar-refractivity contribution in [3.8, 4) is 0 Å². The van der Waals surface area contributed by atoms with Crippen LogP contribution in [0.25, 0.3) is 0 Å². The zero-order chi connectivity index (χ0) is 13.0. The maximum atomic E-state index is 12.2. The van der Waals surface area contributed by atoms with Crippen LogP contribution in [0.1, 0.15) is 34.3 Å². The highest BCUT2D eigenvalue weighted by Gasteiger charge is 2.10. The van der Waals surface area contributed by atoms with Crippen LogP contribution in [0, 0.1) is 0 Å². The standard InChI is InChI=1S/C16H14O2/c1-12(11-17)14-8-5-9-15(10-14)16(18)13-6-3-2-4-7-13/h2-12H,1H3. The second-order valence-corrected chi connectivity index (χ2v) is 4.25. The van der Waals surface area contributed by atoms with Gasteiger partial charge in [-0.05, 0) is 11.6 Å². The number of carbonyl (C=O) groups is 2. The third-order valence-electron chi connectivity index (χ3n) is 2.91. The molecule has 0 aliphatic carbocycles. The molecule has 0 amide bonds. The average Bonchev–Trinajstić information content (AvgIpc) is 2.46. The Hall–Kier alpha value is -2.22. The molecule has 0 radical (unpaired) electrons. The van der Waals surface area contributed by atoms with Crippen LogP contribution in [0.5, 0.6) is 0 Å². The number of ketones is 1. The topological polar surface area (TPSA) is 34.1 Å². The molecule has 2 nitrogen and oxygen atoms in total. The fourth-order valence-corrected chi connectivity index (χ4v) is 1.80. The van der Waals surface area contributed by atoms with Crippen molar-refractivity contribution in [3.63, 3.8) is 0 Å². The summed E-state index contributed by atoms with van der Waals surface area (Å²) in [5.74, 6) is -0.205. The van der Waals surface area contributed by atoms with Gasteiger partial charge < -0.3 is 4.79 Å². The van der Waals surface area contributed by atoms with Crippen molar-refractivity contribution < 1.29 is 9.59 Å². The van der Waals surface area contributed by atoms with E-state index in [2.05, 4.69) is 0 Å². The highest BCUT2D eigenvalue weighted by atomic mass is 16.1. The highest BCUT2D eigenvalue weighted by Crippen LogP contribution is 2.17. The van der Waals surface area contributed by atoms with E-state index in [1.807, 2.05) is 37.3 Å². The molecule has 18 heavy (non-hydrogen) atoms. The van der Waals surface area contributed by atoms with Gasteiger partial charge >= 0.3 is 0 Å². The van der Waals surface area contributed by atoms with E-state index in [-0.39, 0.29) is 11.7 Å². The molecule has 0 saturated heterocycles. The van der Waals surface area contributed by atoms with Gasteiger partial charge in [-0.1, -0.05) is 55.5 Å². The smallest absolute Gasteiger partial charge is 0.193 e. The number of hydrogen-bond acceptors (Lipinski definition) is 2. The van der Waals surface area contributed by atoms with Crippen molar-refractivity contribution >= 4 is 12.1 Å². The van der Waals surface area contributed by atoms with Crippen LogP contribution in [0.2, 0.25) is 0 Å². The summed E-state index contributed by atoms with van der Waals surface area (Å²) in [4.78, 5) is 23.0. The van der Waals surface area contributed by atoms with Crippen molar-refractivity contribution in [3.05, 3.63) is 71.3 Å². The van der Waals surface area contributed by atoms with Gasteiger partial charge in [0.1, 0.15) is 6.29 Å². The lowest BCUT2D eigenvalue weighted by Gasteiger charge is -2.06. The molecule has 90 valence electrons. The second kappa shape index (κ2) is 5.41. The number of carbonyl (C=O) groups excluding carboxylic acids is 2. The van der Waals surface area contributed by atoms with E-state index in [1.54, 1.807) is 24.3 Å². The Morgan fingerprint density at radius 2 is 1.67 bits per heavy atom. The van der Waals surface area contributed by atoms with Gasteiger partial charge in [0.25, 0.3) is 0 Å². The van der Waals surface area contributed by atoms with Gasteiger partial charge in [-0.25, -0.2) is 0 Å². The van der Waals surface area contributed by atoms with Crippen LogP contribution in [-0.2, 0) is 4.79 Å². The molecule has 2 rings (SSSR count). The maximum Gasteiger partial charge on any atom is 0.193 e. The number of benzene rings is 2. The van der Waals surface area contributed by atoms with E-state index >= 15 is 0 Å². The Bertz CT molecular complexity index is 558. The van der Waals surface area contributed by atoms with Crippen molar-refractivity contribution in [2.45, 2.75) is 12.8 Å². The van der Waals surface area contributed by atoms with E-state index < -0.39 is 0 Å². The maximum absolute atomic E-state index is 12.2. The fraction of sp³-hybridized carbons (Fsp3) is 0.125. The zero-order valence-electron chi connectivity index (χ0n) is 10.2. The summed E-state index contributed by atoms with van der Waals surface area (Å²) in [5, 5.41) is 0. The van der Waals surface area contributed by atoms with E-state index in [0.29, 0.717) is 11.1 Å². The van der Waals surface area contributed by atoms with Crippen LogP contribution in [0.4, 0.5) is 0 Å². The molecule has 0 N–H and O–H groups in total. The van der Waals surface area contributed by atoms with Gasteiger partial charge in [-0.15, -0.1) is 0 Å². The predicted octanol–water partition coefficient (Wildman–Crippen LogP) is 3.22. The summed E-state index contributed by atoms with van der Waals surface area (Å²) in [7, 11) is 0. The number of hydrogen-bond donors (Lipinski definition) is 0. The Morgan fingerprint density at radius 1 is 1.00 bits per heavy atom. The van der Waals surface area contributed by atoms with Gasteiger partial charge in [-0.2, -0.15) is 0 Å². The quantitative estimate of drug-likeness (QED) is 0.605. The molecule has 0 fully saturated rings. The van der Waals surface area contributed by atoms with Gasteiger partial charge in [0.2, 0.25) is 0 Å². The molecule has 1 unspecified atom stereocenters. The number of aldehydes is 1. The normalized spacial score (nSPS) is 11.8. The van der Waals surface area contributed by atoms with Gasteiger partial charge in [0.15, 0.2) is 5.78 Å². The van der Waals surface area contributed by atoms with Crippen LogP contribution in [-0.4, -0.2) is 12.1 Å². The van der Waals surface area contributed by atoms with E-state index in [4.69, 9.17) is 0 Å². The first-order valence-electron chi connectivity index (χ1n) is 5.87. The summed E-state index contributed by atoms with van der Waals surface area (Å²) in [6.45, 7) is 1.82. The lowest BCUT2D eigenvalue weighted by atomic mass is 9.96. The molecule has 2 aromatic rings. The summed E-state index contributed by atoms with van der Waals surface area (Å²) >= 11 is 0. The predicted molar refractivity (Wildman–Crippen MR) is 70.8 cm³/mol. The summed E-state index contributed by atoms with van der Waals surface area (Å²) < 4.78 is 0. The molecule has 0 heterocycles. The van der Waals surface area contributed by atoms with Gasteiger partial charge in [-0.3, -0.25) is 4.79 Å². The average molecular weight is 238 g/mol. The van der Waals surface area contributed by atoms with Crippen LogP contribution in [0.15, 0.2) is 54.6 Å². The molecule has 0 spiro atoms. The molecule has 2 heteroatoms. The van der Waals surface area contributed by atoms with E-state index in [1.165, 1.54) is 0 Å². The molecule has 2 aromatic carbocycles. The third kappa shape index (κ3) is 2.54. The highest BCUT2D eigenvalue weighted by molar-refractivity contribution is 6.09. The molecule has 0 saturated carbocycles. The number of rotatable bonds is 4. The lowest BCUT2D eigenvalue weighted by Crippen LogP contribution is -2.03. The van der Waals surface area contributed by atoms with E-state index in [0.717, 1.165) is 11.8 Å². The van der Waals surface area contributed by atoms with Gasteiger partial charge in [0.05, 0.1) is 0 Å². The molecule has 1 atom stereocenters. The first-order valence-corrected chi connectivity index (χ1v) is 5.87. The first kappa shape index (κ1) is 12.2. The second-order valence-electron chi connectivity index (χ2n) is 4.25. The van der Waals surface area contributed by atoms with Crippen LogP contribution in [0.3, 0.4) is 0 Å². The van der Waals surface area contributed by atoms with Crippen LogP contribution < -0.4 is 0 Å². The largest absolute Gasteiger partial charge is 0.303 e. The SMILES string of the molecule is CC(C=O)c1cccc(C(=O)c2ccccc2)c1. The summed E-state index contributed by atoms with van der Waals surface area (Å²) in [5.41, 5.74) is 2.15. The van der Waals surface area contributed by atoms with Crippen molar-refractivity contribution in [2.75, 3.05) is 0 Å². The first-order chi connectivity index (χ1) is 8.72. The summed E-state index contributed by atoms with van der Waals surface area (Å²) in [6.07, 6.45) is 0.881. The van der Waals surface area contributed by atoms with E-state index in [9.17, 15) is 9.59 Å². The third-order valence-corrected chi connectivity index (χ3v) is 2.91.